The molecule has 0 aliphatic carbocycles. The quantitative estimate of drug-likeness (QED) is 0.592. The number of hydrogen-bond donors (Lipinski definition) is 0. The van der Waals surface area contributed by atoms with Crippen LogP contribution in [0.25, 0.3) is 0 Å². The highest BCUT2D eigenvalue weighted by atomic mass is 16.5. The van der Waals surface area contributed by atoms with E-state index >= 15 is 0 Å². The van der Waals surface area contributed by atoms with Gasteiger partial charge in [0.2, 0.25) is 0 Å². The second kappa shape index (κ2) is 9.57. The van der Waals surface area contributed by atoms with Crippen LogP contribution >= 0.6 is 0 Å². The maximum atomic E-state index is 11.9. The Labute approximate surface area is 123 Å². The maximum Gasteiger partial charge on any atom is 0.338 e. The lowest BCUT2D eigenvalue weighted by atomic mass is 10.0. The summed E-state index contributed by atoms with van der Waals surface area (Å²) in [4.78, 5) is 11.9. The van der Waals surface area contributed by atoms with Crippen LogP contribution in [0.15, 0.2) is 24.3 Å². The summed E-state index contributed by atoms with van der Waals surface area (Å²) in [6.07, 6.45) is 6.74. The number of hydrogen-bond acceptors (Lipinski definition) is 2. The zero-order valence-electron chi connectivity index (χ0n) is 13.2. The molecule has 0 amide bonds. The Kier molecular flexibility index (Phi) is 8.01. The molecular formula is C18H28O2. The van der Waals surface area contributed by atoms with Crippen LogP contribution < -0.4 is 0 Å². The van der Waals surface area contributed by atoms with Crippen LogP contribution in [0.2, 0.25) is 0 Å². The fourth-order valence-electron chi connectivity index (χ4n) is 2.29. The van der Waals surface area contributed by atoms with Crippen LogP contribution in [0, 0.1) is 5.92 Å². The molecule has 0 aliphatic heterocycles. The molecule has 2 heteroatoms. The molecule has 0 unspecified atom stereocenters. The Morgan fingerprint density at radius 2 is 1.75 bits per heavy atom. The standard InChI is InChI=1S/C18H28O2/c1-4-7-8-16-9-11-17(12-10-16)18(19)20-14-13-15(5-2)6-3/h9-12,15H,4-8,13-14H2,1-3H3. The van der Waals surface area contributed by atoms with Crippen molar-refractivity contribution in [3.05, 3.63) is 35.4 Å². The fraction of sp³-hybridized carbons (Fsp3) is 0.611. The highest BCUT2D eigenvalue weighted by molar-refractivity contribution is 5.89. The normalized spacial score (nSPS) is 10.8. The van der Waals surface area contributed by atoms with Gasteiger partial charge in [0, 0.05) is 0 Å². The monoisotopic (exact) mass is 276 g/mol. The van der Waals surface area contributed by atoms with E-state index in [1.54, 1.807) is 0 Å². The molecule has 0 spiro atoms. The summed E-state index contributed by atoms with van der Waals surface area (Å²) in [5.74, 6) is 0.470. The lowest BCUT2D eigenvalue weighted by Gasteiger charge is -2.12. The summed E-state index contributed by atoms with van der Waals surface area (Å²) in [5, 5.41) is 0. The van der Waals surface area contributed by atoms with E-state index in [0.29, 0.717) is 18.1 Å². The van der Waals surface area contributed by atoms with Crippen molar-refractivity contribution in [2.45, 2.75) is 59.3 Å². The average molecular weight is 276 g/mol. The second-order valence-corrected chi connectivity index (χ2v) is 5.41. The summed E-state index contributed by atoms with van der Waals surface area (Å²) < 4.78 is 5.34. The summed E-state index contributed by atoms with van der Waals surface area (Å²) >= 11 is 0. The predicted molar refractivity (Wildman–Crippen MR) is 84.0 cm³/mol. The van der Waals surface area contributed by atoms with E-state index in [2.05, 4.69) is 20.8 Å². The number of unbranched alkanes of at least 4 members (excludes halogenated alkanes) is 1. The molecule has 0 radical (unpaired) electrons. The van der Waals surface area contributed by atoms with Crippen molar-refractivity contribution in [1.29, 1.82) is 0 Å². The molecule has 0 aromatic heterocycles. The molecule has 1 aromatic carbocycles. The molecule has 0 atom stereocenters. The summed E-state index contributed by atoms with van der Waals surface area (Å²) in [5.41, 5.74) is 1.95. The van der Waals surface area contributed by atoms with Crippen LogP contribution in [0.5, 0.6) is 0 Å². The van der Waals surface area contributed by atoms with Gasteiger partial charge < -0.3 is 4.74 Å². The van der Waals surface area contributed by atoms with Gasteiger partial charge in [-0.1, -0.05) is 52.2 Å². The number of benzene rings is 1. The first kappa shape index (κ1) is 16.7. The summed E-state index contributed by atoms with van der Waals surface area (Å²) in [7, 11) is 0. The van der Waals surface area contributed by atoms with Crippen LogP contribution in [-0.2, 0) is 11.2 Å². The van der Waals surface area contributed by atoms with Gasteiger partial charge >= 0.3 is 5.97 Å². The predicted octanol–water partition coefficient (Wildman–Crippen LogP) is 5.01. The number of carbonyl (C=O) groups excluding carboxylic acids is 1. The van der Waals surface area contributed by atoms with E-state index in [-0.39, 0.29) is 5.97 Å². The number of rotatable bonds is 9. The van der Waals surface area contributed by atoms with Gasteiger partial charge in [0.05, 0.1) is 12.2 Å². The van der Waals surface area contributed by atoms with Gasteiger partial charge in [-0.05, 0) is 42.9 Å². The summed E-state index contributed by atoms with van der Waals surface area (Å²) in [6.45, 7) is 7.09. The van der Waals surface area contributed by atoms with E-state index in [9.17, 15) is 4.79 Å². The SMILES string of the molecule is CCCCc1ccc(C(=O)OCCC(CC)CC)cc1. The minimum Gasteiger partial charge on any atom is -0.462 e. The van der Waals surface area contributed by atoms with Crippen LogP contribution in [0.1, 0.15) is 68.8 Å². The van der Waals surface area contributed by atoms with Gasteiger partial charge in [-0.3, -0.25) is 0 Å². The molecule has 0 saturated carbocycles. The van der Waals surface area contributed by atoms with Gasteiger partial charge in [0.15, 0.2) is 0 Å². The Morgan fingerprint density at radius 3 is 2.30 bits per heavy atom. The highest BCUT2D eigenvalue weighted by Gasteiger charge is 2.09. The molecule has 0 bridgehead atoms. The van der Waals surface area contributed by atoms with E-state index in [0.717, 1.165) is 25.7 Å². The molecule has 0 fully saturated rings. The molecule has 0 heterocycles. The fourth-order valence-corrected chi connectivity index (χ4v) is 2.29. The van der Waals surface area contributed by atoms with E-state index in [1.807, 2.05) is 24.3 Å². The zero-order valence-corrected chi connectivity index (χ0v) is 13.2. The third-order valence-corrected chi connectivity index (χ3v) is 3.92. The Balaban J connectivity index is 2.39. The molecule has 112 valence electrons. The van der Waals surface area contributed by atoms with Crippen molar-refractivity contribution in [3.8, 4) is 0 Å². The lowest BCUT2D eigenvalue weighted by molar-refractivity contribution is 0.0481. The molecule has 0 N–H and O–H groups in total. The first-order chi connectivity index (χ1) is 9.71. The van der Waals surface area contributed by atoms with Gasteiger partial charge in [0.1, 0.15) is 0 Å². The third-order valence-electron chi connectivity index (χ3n) is 3.92. The van der Waals surface area contributed by atoms with Crippen molar-refractivity contribution < 1.29 is 9.53 Å². The van der Waals surface area contributed by atoms with E-state index in [4.69, 9.17) is 4.74 Å². The number of esters is 1. The second-order valence-electron chi connectivity index (χ2n) is 5.41. The van der Waals surface area contributed by atoms with Crippen LogP contribution in [-0.4, -0.2) is 12.6 Å². The van der Waals surface area contributed by atoms with Crippen molar-refractivity contribution in [3.63, 3.8) is 0 Å². The first-order valence-corrected chi connectivity index (χ1v) is 7.97. The maximum absolute atomic E-state index is 11.9. The van der Waals surface area contributed by atoms with Crippen LogP contribution in [0.3, 0.4) is 0 Å². The minimum atomic E-state index is -0.196. The molecule has 0 aliphatic rings. The molecule has 2 nitrogen and oxygen atoms in total. The van der Waals surface area contributed by atoms with Gasteiger partial charge in [-0.15, -0.1) is 0 Å². The van der Waals surface area contributed by atoms with Gasteiger partial charge in [-0.25, -0.2) is 4.79 Å². The van der Waals surface area contributed by atoms with Gasteiger partial charge in [0.25, 0.3) is 0 Å². The van der Waals surface area contributed by atoms with Crippen molar-refractivity contribution in [1.82, 2.24) is 0 Å². The molecular weight excluding hydrogens is 248 g/mol. The Hall–Kier alpha value is -1.31. The Bertz CT molecular complexity index is 377. The number of aryl methyl sites for hydroxylation is 1. The zero-order chi connectivity index (χ0) is 14.8. The van der Waals surface area contributed by atoms with Crippen molar-refractivity contribution >= 4 is 5.97 Å². The van der Waals surface area contributed by atoms with Gasteiger partial charge in [-0.2, -0.15) is 0 Å². The molecule has 1 rings (SSSR count). The van der Waals surface area contributed by atoms with E-state index in [1.165, 1.54) is 18.4 Å². The van der Waals surface area contributed by atoms with E-state index < -0.39 is 0 Å². The third kappa shape index (κ3) is 5.77. The molecule has 1 aromatic rings. The largest absolute Gasteiger partial charge is 0.462 e. The smallest absolute Gasteiger partial charge is 0.338 e. The average Bonchev–Trinajstić information content (AvgIpc) is 2.50. The lowest BCUT2D eigenvalue weighted by Crippen LogP contribution is -2.09. The topological polar surface area (TPSA) is 26.3 Å². The number of ether oxygens (including phenoxy) is 1. The highest BCUT2D eigenvalue weighted by Crippen LogP contribution is 2.13. The minimum absolute atomic E-state index is 0.196. The first-order valence-electron chi connectivity index (χ1n) is 7.97. The van der Waals surface area contributed by atoms with Crippen LogP contribution in [0.4, 0.5) is 0 Å². The number of carbonyl (C=O) groups is 1. The van der Waals surface area contributed by atoms with Crippen molar-refractivity contribution in [2.75, 3.05) is 6.61 Å². The molecule has 20 heavy (non-hydrogen) atoms. The summed E-state index contributed by atoms with van der Waals surface area (Å²) in [6, 6.07) is 7.83. The van der Waals surface area contributed by atoms with Crippen molar-refractivity contribution in [2.24, 2.45) is 5.92 Å². The Morgan fingerprint density at radius 1 is 1.10 bits per heavy atom. The molecule has 0 saturated heterocycles.